The summed E-state index contributed by atoms with van der Waals surface area (Å²) in [6, 6.07) is 7.03. The average molecular weight is 267 g/mol. The van der Waals surface area contributed by atoms with Crippen molar-refractivity contribution in [2.24, 2.45) is 0 Å². The molecule has 0 atom stereocenters. The summed E-state index contributed by atoms with van der Waals surface area (Å²) in [6.07, 6.45) is 3.52. The molecule has 0 aromatic carbocycles. The second kappa shape index (κ2) is 6.31. The van der Waals surface area contributed by atoms with Crippen LogP contribution in [0.2, 0.25) is 0 Å². The summed E-state index contributed by atoms with van der Waals surface area (Å²) in [7, 11) is 0. The van der Waals surface area contributed by atoms with E-state index in [4.69, 9.17) is 16.3 Å². The molecule has 0 spiro atoms. The van der Waals surface area contributed by atoms with Crippen LogP contribution in [-0.2, 0) is 12.3 Å². The van der Waals surface area contributed by atoms with E-state index in [1.165, 1.54) is 6.07 Å². The van der Waals surface area contributed by atoms with Crippen molar-refractivity contribution in [1.82, 2.24) is 9.97 Å². The molecule has 2 aromatic rings. The summed E-state index contributed by atoms with van der Waals surface area (Å²) in [5, 5.41) is 0. The number of alkyl halides is 1. The van der Waals surface area contributed by atoms with Gasteiger partial charge in [-0.25, -0.2) is 9.37 Å². The van der Waals surface area contributed by atoms with Gasteiger partial charge in [-0.3, -0.25) is 4.98 Å². The number of halogens is 2. The Hall–Kier alpha value is -1.68. The van der Waals surface area contributed by atoms with E-state index in [2.05, 4.69) is 9.97 Å². The van der Waals surface area contributed by atoms with Crippen molar-refractivity contribution in [2.45, 2.75) is 12.3 Å². The molecule has 0 aliphatic carbocycles. The Labute approximate surface area is 110 Å². The van der Waals surface area contributed by atoms with E-state index < -0.39 is 5.82 Å². The van der Waals surface area contributed by atoms with Crippen LogP contribution in [0.25, 0.3) is 0 Å². The molecule has 2 rings (SSSR count). The topological polar surface area (TPSA) is 35.0 Å². The van der Waals surface area contributed by atoms with Crippen LogP contribution >= 0.6 is 11.6 Å². The highest BCUT2D eigenvalue weighted by Crippen LogP contribution is 2.18. The van der Waals surface area contributed by atoms with Crippen LogP contribution < -0.4 is 4.74 Å². The van der Waals surface area contributed by atoms with E-state index in [9.17, 15) is 4.39 Å². The molecule has 0 aliphatic heterocycles. The van der Waals surface area contributed by atoms with Gasteiger partial charge in [0, 0.05) is 23.9 Å². The van der Waals surface area contributed by atoms with Gasteiger partial charge in [-0.05, 0) is 18.2 Å². The highest BCUT2D eigenvalue weighted by Gasteiger charge is 2.06. The summed E-state index contributed by atoms with van der Waals surface area (Å²) in [6.45, 7) is 0.430. The zero-order chi connectivity index (χ0) is 12.8. The van der Waals surface area contributed by atoms with E-state index >= 15 is 0 Å². The number of hydrogen-bond donors (Lipinski definition) is 0. The average Bonchev–Trinajstić information content (AvgIpc) is 2.41. The minimum Gasteiger partial charge on any atom is -0.477 e. The molecule has 0 radical (unpaired) electrons. The maximum absolute atomic E-state index is 12.9. The summed E-state index contributed by atoms with van der Waals surface area (Å²) < 4.78 is 18.4. The lowest BCUT2D eigenvalue weighted by atomic mass is 10.3. The molecule has 3 nitrogen and oxygen atoms in total. The number of ether oxygens (including phenoxy) is 1. The Morgan fingerprint density at radius 3 is 2.89 bits per heavy atom. The first-order valence-corrected chi connectivity index (χ1v) is 6.06. The van der Waals surface area contributed by atoms with Gasteiger partial charge < -0.3 is 4.74 Å². The van der Waals surface area contributed by atoms with E-state index in [0.717, 1.165) is 11.9 Å². The maximum atomic E-state index is 12.9. The normalized spacial score (nSPS) is 10.3. The van der Waals surface area contributed by atoms with Gasteiger partial charge in [0.25, 0.3) is 0 Å². The molecule has 0 unspecified atom stereocenters. The summed E-state index contributed by atoms with van der Waals surface area (Å²) >= 11 is 5.70. The van der Waals surface area contributed by atoms with Crippen molar-refractivity contribution in [2.75, 3.05) is 6.61 Å². The molecule has 0 amide bonds. The molecule has 5 heteroatoms. The van der Waals surface area contributed by atoms with Crippen molar-refractivity contribution in [3.8, 4) is 5.88 Å². The van der Waals surface area contributed by atoms with Crippen LogP contribution in [0.5, 0.6) is 5.88 Å². The molecular weight excluding hydrogens is 255 g/mol. The van der Waals surface area contributed by atoms with Crippen molar-refractivity contribution in [3.05, 3.63) is 53.7 Å². The van der Waals surface area contributed by atoms with Gasteiger partial charge in [-0.15, -0.1) is 11.6 Å². The first kappa shape index (κ1) is 12.8. The fraction of sp³-hybridized carbons (Fsp3) is 0.231. The van der Waals surface area contributed by atoms with Crippen molar-refractivity contribution >= 4 is 11.6 Å². The van der Waals surface area contributed by atoms with Gasteiger partial charge in [-0.1, -0.05) is 6.07 Å². The van der Waals surface area contributed by atoms with Gasteiger partial charge >= 0.3 is 0 Å². The van der Waals surface area contributed by atoms with Crippen LogP contribution in [0.15, 0.2) is 36.7 Å². The third kappa shape index (κ3) is 3.40. The second-order valence-corrected chi connectivity index (χ2v) is 3.94. The fourth-order valence-corrected chi connectivity index (χ4v) is 1.68. The largest absolute Gasteiger partial charge is 0.477 e. The van der Waals surface area contributed by atoms with Crippen LogP contribution in [0.1, 0.15) is 11.3 Å². The monoisotopic (exact) mass is 266 g/mol. The Balaban J connectivity index is 1.94. The molecule has 2 heterocycles. The molecule has 0 N–H and O–H groups in total. The first-order valence-electron chi connectivity index (χ1n) is 5.52. The van der Waals surface area contributed by atoms with E-state index in [0.29, 0.717) is 24.5 Å². The number of rotatable bonds is 5. The Kier molecular flexibility index (Phi) is 4.47. The number of pyridine rings is 2. The standard InChI is InChI=1S/C13H12ClFN2O/c14-8-10-7-11(15)9-17-13(10)18-6-4-12-3-1-2-5-16-12/h1-3,5,7,9H,4,6,8H2. The van der Waals surface area contributed by atoms with Gasteiger partial charge in [0.2, 0.25) is 5.88 Å². The second-order valence-electron chi connectivity index (χ2n) is 3.67. The zero-order valence-electron chi connectivity index (χ0n) is 9.64. The lowest BCUT2D eigenvalue weighted by Gasteiger charge is -2.08. The number of hydrogen-bond acceptors (Lipinski definition) is 3. The smallest absolute Gasteiger partial charge is 0.217 e. The van der Waals surface area contributed by atoms with Crippen LogP contribution in [0.3, 0.4) is 0 Å². The number of aromatic nitrogens is 2. The summed E-state index contributed by atoms with van der Waals surface area (Å²) in [5.74, 6) is 0.133. The fourth-order valence-electron chi connectivity index (χ4n) is 1.49. The zero-order valence-corrected chi connectivity index (χ0v) is 10.4. The molecule has 0 saturated carbocycles. The SMILES string of the molecule is Fc1cnc(OCCc2ccccn2)c(CCl)c1. The quantitative estimate of drug-likeness (QED) is 0.781. The highest BCUT2D eigenvalue weighted by atomic mass is 35.5. The van der Waals surface area contributed by atoms with Crippen molar-refractivity contribution in [3.63, 3.8) is 0 Å². The predicted octanol–water partition coefficient (Wildman–Crippen LogP) is 2.98. The van der Waals surface area contributed by atoms with Crippen LogP contribution in [-0.4, -0.2) is 16.6 Å². The lowest BCUT2D eigenvalue weighted by Crippen LogP contribution is -2.05. The third-order valence-electron chi connectivity index (χ3n) is 2.36. The Bertz CT molecular complexity index is 508. The molecule has 0 fully saturated rings. The highest BCUT2D eigenvalue weighted by molar-refractivity contribution is 6.17. The molecular formula is C13H12ClFN2O. The molecule has 94 valence electrons. The Morgan fingerprint density at radius 2 is 2.17 bits per heavy atom. The first-order chi connectivity index (χ1) is 8.79. The van der Waals surface area contributed by atoms with Gasteiger partial charge in [0.15, 0.2) is 0 Å². The van der Waals surface area contributed by atoms with E-state index in [-0.39, 0.29) is 5.88 Å². The van der Waals surface area contributed by atoms with E-state index in [1.807, 2.05) is 18.2 Å². The minimum absolute atomic E-state index is 0.170. The van der Waals surface area contributed by atoms with Gasteiger partial charge in [0.05, 0.1) is 18.7 Å². The molecule has 0 bridgehead atoms. The van der Waals surface area contributed by atoms with Crippen molar-refractivity contribution < 1.29 is 9.13 Å². The summed E-state index contributed by atoms with van der Waals surface area (Å²) in [4.78, 5) is 8.06. The lowest BCUT2D eigenvalue weighted by molar-refractivity contribution is 0.304. The molecule has 2 aromatic heterocycles. The Morgan fingerprint density at radius 1 is 1.28 bits per heavy atom. The molecule has 0 saturated heterocycles. The molecule has 18 heavy (non-hydrogen) atoms. The van der Waals surface area contributed by atoms with E-state index in [1.54, 1.807) is 6.20 Å². The van der Waals surface area contributed by atoms with Crippen LogP contribution in [0.4, 0.5) is 4.39 Å². The summed E-state index contributed by atoms with van der Waals surface area (Å²) in [5.41, 5.74) is 1.49. The van der Waals surface area contributed by atoms with Crippen molar-refractivity contribution in [1.29, 1.82) is 0 Å². The van der Waals surface area contributed by atoms with Gasteiger partial charge in [-0.2, -0.15) is 0 Å². The number of nitrogens with zero attached hydrogens (tertiary/aromatic N) is 2. The maximum Gasteiger partial charge on any atom is 0.217 e. The molecule has 0 aliphatic rings. The van der Waals surface area contributed by atoms with Crippen LogP contribution in [0, 0.1) is 5.82 Å². The van der Waals surface area contributed by atoms with Gasteiger partial charge in [0.1, 0.15) is 5.82 Å². The minimum atomic E-state index is -0.414. The predicted molar refractivity (Wildman–Crippen MR) is 67.2 cm³/mol. The third-order valence-corrected chi connectivity index (χ3v) is 2.65.